The molecule has 1 unspecified atom stereocenters. The van der Waals surface area contributed by atoms with Crippen LogP contribution in [0.25, 0.3) is 0 Å². The maximum absolute atomic E-state index is 11.5. The topological polar surface area (TPSA) is 66.4 Å². The van der Waals surface area contributed by atoms with E-state index in [4.69, 9.17) is 5.11 Å². The van der Waals surface area contributed by atoms with Crippen molar-refractivity contribution in [2.45, 2.75) is 45.6 Å². The highest BCUT2D eigenvalue weighted by molar-refractivity contribution is 5.80. The van der Waals surface area contributed by atoms with Gasteiger partial charge in [0.05, 0.1) is 12.5 Å². The van der Waals surface area contributed by atoms with Gasteiger partial charge >= 0.3 is 5.97 Å². The van der Waals surface area contributed by atoms with Gasteiger partial charge in [-0.15, -0.1) is 0 Å². The zero-order valence-electron chi connectivity index (χ0n) is 11.6. The number of nitrogens with one attached hydrogen (secondary N) is 1. The SMILES string of the molecule is CC(C)c1ccc(C(C)NC(=O)CCC(=O)O)cc1. The molecule has 0 saturated carbocycles. The zero-order chi connectivity index (χ0) is 14.4. The van der Waals surface area contributed by atoms with Crippen LogP contribution in [0.15, 0.2) is 24.3 Å². The third-order valence-corrected chi connectivity index (χ3v) is 3.05. The number of carbonyl (C=O) groups excluding carboxylic acids is 1. The third kappa shape index (κ3) is 5.12. The first-order chi connectivity index (χ1) is 8.90. The molecule has 1 rings (SSSR count). The van der Waals surface area contributed by atoms with Crippen LogP contribution in [0.5, 0.6) is 0 Å². The van der Waals surface area contributed by atoms with E-state index in [1.165, 1.54) is 5.56 Å². The second kappa shape index (κ2) is 6.92. The number of benzene rings is 1. The van der Waals surface area contributed by atoms with Gasteiger partial charge in [0.15, 0.2) is 0 Å². The van der Waals surface area contributed by atoms with Gasteiger partial charge in [0.25, 0.3) is 0 Å². The summed E-state index contributed by atoms with van der Waals surface area (Å²) in [5.41, 5.74) is 2.28. The molecule has 1 aromatic carbocycles. The predicted octanol–water partition coefficient (Wildman–Crippen LogP) is 2.85. The summed E-state index contributed by atoms with van der Waals surface area (Å²) in [7, 11) is 0. The molecule has 19 heavy (non-hydrogen) atoms. The van der Waals surface area contributed by atoms with Crippen LogP contribution in [-0.4, -0.2) is 17.0 Å². The number of carboxylic acids is 1. The highest BCUT2D eigenvalue weighted by Gasteiger charge is 2.11. The van der Waals surface area contributed by atoms with E-state index in [1.807, 2.05) is 19.1 Å². The maximum Gasteiger partial charge on any atom is 0.303 e. The standard InChI is InChI=1S/C15H21NO3/c1-10(2)12-4-6-13(7-5-12)11(3)16-14(17)8-9-15(18)19/h4-7,10-11H,8-9H2,1-3H3,(H,16,17)(H,18,19). The minimum Gasteiger partial charge on any atom is -0.481 e. The Morgan fingerprint density at radius 3 is 2.05 bits per heavy atom. The van der Waals surface area contributed by atoms with Crippen LogP contribution >= 0.6 is 0 Å². The summed E-state index contributed by atoms with van der Waals surface area (Å²) < 4.78 is 0. The van der Waals surface area contributed by atoms with E-state index in [1.54, 1.807) is 0 Å². The Balaban J connectivity index is 2.55. The lowest BCUT2D eigenvalue weighted by atomic mass is 9.99. The Morgan fingerprint density at radius 2 is 1.58 bits per heavy atom. The maximum atomic E-state index is 11.5. The van der Waals surface area contributed by atoms with Crippen LogP contribution in [0.1, 0.15) is 56.7 Å². The molecule has 4 nitrogen and oxygen atoms in total. The molecule has 0 aliphatic heterocycles. The lowest BCUT2D eigenvalue weighted by molar-refractivity contribution is -0.138. The van der Waals surface area contributed by atoms with Gasteiger partial charge in [0.2, 0.25) is 5.91 Å². The quantitative estimate of drug-likeness (QED) is 0.829. The van der Waals surface area contributed by atoms with Crippen molar-refractivity contribution in [3.05, 3.63) is 35.4 Å². The van der Waals surface area contributed by atoms with Gasteiger partial charge in [-0.05, 0) is 24.0 Å². The van der Waals surface area contributed by atoms with E-state index in [2.05, 4.69) is 31.3 Å². The Labute approximate surface area is 113 Å². The van der Waals surface area contributed by atoms with Crippen LogP contribution in [0.4, 0.5) is 0 Å². The van der Waals surface area contributed by atoms with Crippen molar-refractivity contribution in [2.75, 3.05) is 0 Å². The van der Waals surface area contributed by atoms with E-state index < -0.39 is 5.97 Å². The molecular formula is C15H21NO3. The smallest absolute Gasteiger partial charge is 0.303 e. The van der Waals surface area contributed by atoms with Crippen LogP contribution in [-0.2, 0) is 9.59 Å². The normalized spacial score (nSPS) is 12.2. The number of hydrogen-bond acceptors (Lipinski definition) is 2. The Morgan fingerprint density at radius 1 is 1.05 bits per heavy atom. The predicted molar refractivity (Wildman–Crippen MR) is 74.0 cm³/mol. The lowest BCUT2D eigenvalue weighted by Crippen LogP contribution is -2.26. The van der Waals surface area contributed by atoms with Crippen molar-refractivity contribution in [1.82, 2.24) is 5.32 Å². The number of carboxylic acid groups (broad SMARTS) is 1. The van der Waals surface area contributed by atoms with Crippen molar-refractivity contribution >= 4 is 11.9 Å². The molecule has 4 heteroatoms. The molecular weight excluding hydrogens is 242 g/mol. The number of amides is 1. The first-order valence-electron chi connectivity index (χ1n) is 6.51. The Bertz CT molecular complexity index is 437. The monoisotopic (exact) mass is 263 g/mol. The van der Waals surface area contributed by atoms with Gasteiger partial charge in [-0.2, -0.15) is 0 Å². The Hall–Kier alpha value is -1.84. The number of aliphatic carboxylic acids is 1. The van der Waals surface area contributed by atoms with Gasteiger partial charge in [0.1, 0.15) is 0 Å². The van der Waals surface area contributed by atoms with E-state index in [0.717, 1.165) is 5.56 Å². The molecule has 0 fully saturated rings. The van der Waals surface area contributed by atoms with E-state index in [9.17, 15) is 9.59 Å². The molecule has 104 valence electrons. The van der Waals surface area contributed by atoms with Crippen molar-refractivity contribution < 1.29 is 14.7 Å². The van der Waals surface area contributed by atoms with E-state index in [-0.39, 0.29) is 24.8 Å². The second-order valence-electron chi connectivity index (χ2n) is 5.00. The second-order valence-corrected chi connectivity index (χ2v) is 5.00. The summed E-state index contributed by atoms with van der Waals surface area (Å²) in [6, 6.07) is 8.00. The summed E-state index contributed by atoms with van der Waals surface area (Å²) in [6.07, 6.45) is -0.116. The summed E-state index contributed by atoms with van der Waals surface area (Å²) >= 11 is 0. The highest BCUT2D eigenvalue weighted by atomic mass is 16.4. The first-order valence-corrected chi connectivity index (χ1v) is 6.51. The molecule has 1 atom stereocenters. The van der Waals surface area contributed by atoms with Gasteiger partial charge in [-0.25, -0.2) is 0 Å². The van der Waals surface area contributed by atoms with Gasteiger partial charge in [-0.3, -0.25) is 9.59 Å². The van der Waals surface area contributed by atoms with Crippen molar-refractivity contribution in [1.29, 1.82) is 0 Å². The van der Waals surface area contributed by atoms with Crippen LogP contribution in [0.3, 0.4) is 0 Å². The van der Waals surface area contributed by atoms with Gasteiger partial charge < -0.3 is 10.4 Å². The average Bonchev–Trinajstić information content (AvgIpc) is 2.36. The Kier molecular flexibility index (Phi) is 5.55. The lowest BCUT2D eigenvalue weighted by Gasteiger charge is -2.15. The number of hydrogen-bond donors (Lipinski definition) is 2. The van der Waals surface area contributed by atoms with Crippen molar-refractivity contribution in [2.24, 2.45) is 0 Å². The average molecular weight is 263 g/mol. The van der Waals surface area contributed by atoms with Crippen molar-refractivity contribution in [3.63, 3.8) is 0 Å². The molecule has 0 radical (unpaired) electrons. The van der Waals surface area contributed by atoms with E-state index in [0.29, 0.717) is 5.92 Å². The number of rotatable bonds is 6. The fourth-order valence-electron chi connectivity index (χ4n) is 1.79. The molecule has 0 aliphatic carbocycles. The minimum absolute atomic E-state index is 0.0176. The highest BCUT2D eigenvalue weighted by Crippen LogP contribution is 2.18. The summed E-state index contributed by atoms with van der Waals surface area (Å²) in [6.45, 7) is 6.15. The van der Waals surface area contributed by atoms with Crippen LogP contribution in [0, 0.1) is 0 Å². The number of carbonyl (C=O) groups is 2. The fraction of sp³-hybridized carbons (Fsp3) is 0.467. The third-order valence-electron chi connectivity index (χ3n) is 3.05. The molecule has 0 aliphatic rings. The zero-order valence-corrected chi connectivity index (χ0v) is 11.6. The first kappa shape index (κ1) is 15.2. The summed E-state index contributed by atoms with van der Waals surface area (Å²) in [5, 5.41) is 11.3. The molecule has 1 aromatic rings. The van der Waals surface area contributed by atoms with Crippen molar-refractivity contribution in [3.8, 4) is 0 Å². The molecule has 0 bridgehead atoms. The molecule has 0 spiro atoms. The molecule has 0 saturated heterocycles. The molecule has 0 aromatic heterocycles. The molecule has 0 heterocycles. The summed E-state index contributed by atoms with van der Waals surface area (Å²) in [5.74, 6) is -0.707. The summed E-state index contributed by atoms with van der Waals surface area (Å²) in [4.78, 5) is 21.9. The van der Waals surface area contributed by atoms with Crippen LogP contribution in [0.2, 0.25) is 0 Å². The van der Waals surface area contributed by atoms with E-state index >= 15 is 0 Å². The fourth-order valence-corrected chi connectivity index (χ4v) is 1.79. The minimum atomic E-state index is -0.955. The molecule has 1 amide bonds. The molecule has 2 N–H and O–H groups in total. The van der Waals surface area contributed by atoms with Gasteiger partial charge in [-0.1, -0.05) is 38.1 Å². The van der Waals surface area contributed by atoms with Gasteiger partial charge in [0, 0.05) is 6.42 Å². The largest absolute Gasteiger partial charge is 0.481 e. The van der Waals surface area contributed by atoms with Crippen LogP contribution < -0.4 is 5.32 Å².